The first-order chi connectivity index (χ1) is 8.74. The molecular weight excluding hydrogens is 232 g/mol. The Bertz CT molecular complexity index is 601. The van der Waals surface area contributed by atoms with Crippen molar-refractivity contribution in [2.75, 3.05) is 6.54 Å². The summed E-state index contributed by atoms with van der Waals surface area (Å²) in [5, 5.41) is 3.12. The van der Waals surface area contributed by atoms with Crippen molar-refractivity contribution in [3.63, 3.8) is 0 Å². The number of carbonyl (C=O) groups is 3. The monoisotopic (exact) mass is 244 g/mol. The van der Waals surface area contributed by atoms with Crippen LogP contribution in [0.2, 0.25) is 0 Å². The van der Waals surface area contributed by atoms with Gasteiger partial charge >= 0.3 is 0 Å². The molecule has 2 N–H and O–H groups in total. The molecule has 0 saturated heterocycles. The number of ketones is 1. The molecule has 1 heterocycles. The number of aldehydes is 1. The molecule has 0 radical (unpaired) electrons. The van der Waals surface area contributed by atoms with Crippen LogP contribution in [0.4, 0.5) is 0 Å². The molecule has 0 saturated carbocycles. The Morgan fingerprint density at radius 3 is 2.83 bits per heavy atom. The summed E-state index contributed by atoms with van der Waals surface area (Å²) in [7, 11) is 0. The summed E-state index contributed by atoms with van der Waals surface area (Å²) >= 11 is 0. The van der Waals surface area contributed by atoms with Crippen LogP contribution >= 0.6 is 0 Å². The molecular formula is C13H12N2O3. The number of carbonyl (C=O) groups excluding carboxylic acids is 3. The Kier molecular flexibility index (Phi) is 3.52. The fourth-order valence-electron chi connectivity index (χ4n) is 1.71. The van der Waals surface area contributed by atoms with Crippen LogP contribution in [0.5, 0.6) is 0 Å². The van der Waals surface area contributed by atoms with E-state index in [4.69, 9.17) is 0 Å². The molecule has 92 valence electrons. The highest BCUT2D eigenvalue weighted by atomic mass is 16.2. The van der Waals surface area contributed by atoms with E-state index in [1.807, 2.05) is 12.1 Å². The lowest BCUT2D eigenvalue weighted by Gasteiger charge is -2.00. The molecule has 1 aromatic carbocycles. The number of para-hydroxylation sites is 1. The zero-order valence-corrected chi connectivity index (χ0v) is 9.60. The number of hydrogen-bond acceptors (Lipinski definition) is 3. The van der Waals surface area contributed by atoms with Gasteiger partial charge in [0.05, 0.1) is 5.56 Å². The third-order valence-electron chi connectivity index (χ3n) is 2.59. The van der Waals surface area contributed by atoms with Gasteiger partial charge in [-0.3, -0.25) is 9.59 Å². The third-order valence-corrected chi connectivity index (χ3v) is 2.59. The van der Waals surface area contributed by atoms with Crippen molar-refractivity contribution in [2.45, 2.75) is 6.42 Å². The Morgan fingerprint density at radius 2 is 2.06 bits per heavy atom. The minimum atomic E-state index is -0.693. The Morgan fingerprint density at radius 1 is 1.28 bits per heavy atom. The molecule has 0 aliphatic carbocycles. The van der Waals surface area contributed by atoms with Gasteiger partial charge in [-0.2, -0.15) is 0 Å². The quantitative estimate of drug-likeness (QED) is 0.357. The highest BCUT2D eigenvalue weighted by molar-refractivity contribution is 6.44. The van der Waals surface area contributed by atoms with Gasteiger partial charge in [-0.05, 0) is 6.07 Å². The summed E-state index contributed by atoms with van der Waals surface area (Å²) in [5.41, 5.74) is 1.15. The lowest BCUT2D eigenvalue weighted by molar-refractivity contribution is -0.117. The SMILES string of the molecule is O=CCCNC(=O)C(=O)c1c[nH]c2ccccc12. The lowest BCUT2D eigenvalue weighted by Crippen LogP contribution is -2.31. The molecule has 0 atom stereocenters. The molecule has 0 aliphatic rings. The first-order valence-electron chi connectivity index (χ1n) is 5.56. The van der Waals surface area contributed by atoms with Gasteiger partial charge in [0, 0.05) is 30.1 Å². The van der Waals surface area contributed by atoms with Crippen molar-refractivity contribution in [1.29, 1.82) is 0 Å². The standard InChI is InChI=1S/C13H12N2O3/c16-7-3-6-14-13(18)12(17)10-8-15-11-5-2-1-4-9(10)11/h1-2,4-5,7-8,15H,3,6H2,(H,14,18). The minimum absolute atomic E-state index is 0.177. The average molecular weight is 244 g/mol. The van der Waals surface area contributed by atoms with Crippen molar-refractivity contribution < 1.29 is 14.4 Å². The number of amides is 1. The molecule has 2 aromatic rings. The molecule has 0 fully saturated rings. The average Bonchev–Trinajstić information content (AvgIpc) is 2.82. The fraction of sp³-hybridized carbons (Fsp3) is 0.154. The molecule has 5 nitrogen and oxygen atoms in total. The summed E-state index contributed by atoms with van der Waals surface area (Å²) in [6, 6.07) is 7.25. The first kappa shape index (κ1) is 12.0. The smallest absolute Gasteiger partial charge is 0.292 e. The maximum atomic E-state index is 11.9. The van der Waals surface area contributed by atoms with Gasteiger partial charge in [0.15, 0.2) is 0 Å². The van der Waals surface area contributed by atoms with Gasteiger partial charge in [-0.15, -0.1) is 0 Å². The predicted octanol–water partition coefficient (Wildman–Crippen LogP) is 1.06. The van der Waals surface area contributed by atoms with E-state index >= 15 is 0 Å². The first-order valence-corrected chi connectivity index (χ1v) is 5.56. The van der Waals surface area contributed by atoms with Crippen molar-refractivity contribution in [3.8, 4) is 0 Å². The normalized spacial score (nSPS) is 10.2. The highest BCUT2D eigenvalue weighted by Crippen LogP contribution is 2.17. The van der Waals surface area contributed by atoms with E-state index < -0.39 is 11.7 Å². The van der Waals surface area contributed by atoms with Gasteiger partial charge in [-0.1, -0.05) is 18.2 Å². The maximum absolute atomic E-state index is 11.9. The van der Waals surface area contributed by atoms with Crippen LogP contribution in [-0.4, -0.2) is 29.5 Å². The van der Waals surface area contributed by atoms with Crippen LogP contribution in [-0.2, 0) is 9.59 Å². The fourth-order valence-corrected chi connectivity index (χ4v) is 1.71. The second-order valence-electron chi connectivity index (χ2n) is 3.79. The number of aromatic amines is 1. The van der Waals surface area contributed by atoms with E-state index in [-0.39, 0.29) is 13.0 Å². The molecule has 1 amide bonds. The van der Waals surface area contributed by atoms with Crippen molar-refractivity contribution in [1.82, 2.24) is 10.3 Å². The second kappa shape index (κ2) is 5.27. The molecule has 2 rings (SSSR count). The number of aromatic nitrogens is 1. The van der Waals surface area contributed by atoms with Gasteiger partial charge in [0.1, 0.15) is 6.29 Å². The van der Waals surface area contributed by atoms with Crippen molar-refractivity contribution in [2.24, 2.45) is 0 Å². The topological polar surface area (TPSA) is 79.0 Å². The number of hydrogen-bond donors (Lipinski definition) is 2. The van der Waals surface area contributed by atoms with Crippen LogP contribution in [0.1, 0.15) is 16.8 Å². The molecule has 18 heavy (non-hydrogen) atoms. The van der Waals surface area contributed by atoms with E-state index in [1.165, 1.54) is 6.20 Å². The van der Waals surface area contributed by atoms with E-state index in [1.54, 1.807) is 12.1 Å². The molecule has 0 bridgehead atoms. The molecule has 0 unspecified atom stereocenters. The van der Waals surface area contributed by atoms with Crippen LogP contribution < -0.4 is 5.32 Å². The summed E-state index contributed by atoms with van der Waals surface area (Å²) in [6.07, 6.45) is 2.41. The summed E-state index contributed by atoms with van der Waals surface area (Å²) in [6.45, 7) is 0.177. The van der Waals surface area contributed by atoms with E-state index in [2.05, 4.69) is 10.3 Å². The summed E-state index contributed by atoms with van der Waals surface area (Å²) in [5.74, 6) is -1.29. The van der Waals surface area contributed by atoms with Crippen LogP contribution in [0.15, 0.2) is 30.5 Å². The number of H-pyrrole nitrogens is 1. The van der Waals surface area contributed by atoms with Gasteiger partial charge < -0.3 is 15.1 Å². The number of fused-ring (bicyclic) bond motifs is 1. The second-order valence-corrected chi connectivity index (χ2v) is 3.79. The van der Waals surface area contributed by atoms with E-state index in [0.29, 0.717) is 17.2 Å². The van der Waals surface area contributed by atoms with Gasteiger partial charge in [-0.25, -0.2) is 0 Å². The Labute approximate surface area is 103 Å². The zero-order valence-electron chi connectivity index (χ0n) is 9.60. The van der Waals surface area contributed by atoms with Gasteiger partial charge in [0.25, 0.3) is 11.7 Å². The number of nitrogens with one attached hydrogen (secondary N) is 2. The van der Waals surface area contributed by atoms with Gasteiger partial charge in [0.2, 0.25) is 0 Å². The number of benzene rings is 1. The molecule has 0 spiro atoms. The lowest BCUT2D eigenvalue weighted by atomic mass is 10.1. The van der Waals surface area contributed by atoms with Crippen LogP contribution in [0.3, 0.4) is 0 Å². The summed E-state index contributed by atoms with van der Waals surface area (Å²) < 4.78 is 0. The number of Topliss-reactive ketones (excluding diaryl/α,β-unsaturated/α-hetero) is 1. The van der Waals surface area contributed by atoms with E-state index in [9.17, 15) is 14.4 Å². The van der Waals surface area contributed by atoms with Crippen LogP contribution in [0.25, 0.3) is 10.9 Å². The third kappa shape index (κ3) is 2.29. The summed E-state index contributed by atoms with van der Waals surface area (Å²) in [4.78, 5) is 36.5. The molecule has 5 heteroatoms. The van der Waals surface area contributed by atoms with Crippen LogP contribution in [0, 0.1) is 0 Å². The Hall–Kier alpha value is -2.43. The highest BCUT2D eigenvalue weighted by Gasteiger charge is 2.18. The largest absolute Gasteiger partial charge is 0.360 e. The van der Waals surface area contributed by atoms with Crippen molar-refractivity contribution >= 4 is 28.9 Å². The van der Waals surface area contributed by atoms with E-state index in [0.717, 1.165) is 5.52 Å². The van der Waals surface area contributed by atoms with Crippen molar-refractivity contribution in [3.05, 3.63) is 36.0 Å². The molecule has 0 aliphatic heterocycles. The minimum Gasteiger partial charge on any atom is -0.360 e. The molecule has 1 aromatic heterocycles. The number of rotatable bonds is 5. The Balaban J connectivity index is 2.18. The zero-order chi connectivity index (χ0) is 13.0. The predicted molar refractivity (Wildman–Crippen MR) is 66.3 cm³/mol. The maximum Gasteiger partial charge on any atom is 0.292 e.